The van der Waals surface area contributed by atoms with Gasteiger partial charge in [0.05, 0.1) is 12.6 Å². The monoisotopic (exact) mass is 455 g/mol. The first-order valence-electron chi connectivity index (χ1n) is 11.4. The molecule has 4 rings (SSSR count). The number of amides is 1. The van der Waals surface area contributed by atoms with Crippen molar-refractivity contribution in [2.24, 2.45) is 0 Å². The Kier molecular flexibility index (Phi) is 6.97. The van der Waals surface area contributed by atoms with Crippen molar-refractivity contribution in [3.63, 3.8) is 0 Å². The molecule has 0 saturated heterocycles. The molecule has 0 saturated carbocycles. The number of benzene rings is 3. The molecule has 0 spiro atoms. The SMILES string of the molecule is CCc1cccc(NC(=O)Cn2c(=O)c(CNc3ccc(C)cc3)cc3ccc(OC)cc32)c1. The molecule has 1 aromatic heterocycles. The van der Waals surface area contributed by atoms with Gasteiger partial charge in [0.1, 0.15) is 12.3 Å². The van der Waals surface area contributed by atoms with Gasteiger partial charge in [-0.2, -0.15) is 0 Å². The first-order valence-corrected chi connectivity index (χ1v) is 11.4. The zero-order chi connectivity index (χ0) is 24.1. The van der Waals surface area contributed by atoms with Crippen LogP contribution in [0.1, 0.15) is 23.6 Å². The summed E-state index contributed by atoms with van der Waals surface area (Å²) in [5.74, 6) is 0.366. The second-order valence-electron chi connectivity index (χ2n) is 8.31. The Labute approximate surface area is 199 Å². The highest BCUT2D eigenvalue weighted by molar-refractivity contribution is 5.92. The van der Waals surface area contributed by atoms with Crippen molar-refractivity contribution in [1.82, 2.24) is 4.57 Å². The number of aromatic nitrogens is 1. The Hall–Kier alpha value is -4.06. The van der Waals surface area contributed by atoms with Crippen molar-refractivity contribution >= 4 is 28.2 Å². The Morgan fingerprint density at radius 1 is 0.971 bits per heavy atom. The maximum absolute atomic E-state index is 13.4. The third-order valence-electron chi connectivity index (χ3n) is 5.83. The summed E-state index contributed by atoms with van der Waals surface area (Å²) in [6, 6.07) is 23.2. The summed E-state index contributed by atoms with van der Waals surface area (Å²) in [6.07, 6.45) is 0.879. The molecule has 0 unspecified atom stereocenters. The van der Waals surface area contributed by atoms with Crippen LogP contribution in [-0.2, 0) is 24.3 Å². The number of carbonyl (C=O) groups excluding carboxylic acids is 1. The van der Waals surface area contributed by atoms with Crippen LogP contribution >= 0.6 is 0 Å². The van der Waals surface area contributed by atoms with Gasteiger partial charge in [0.25, 0.3) is 5.56 Å². The Morgan fingerprint density at radius 3 is 2.50 bits per heavy atom. The summed E-state index contributed by atoms with van der Waals surface area (Å²) in [6.45, 7) is 4.35. The minimum absolute atomic E-state index is 0.1000. The lowest BCUT2D eigenvalue weighted by Gasteiger charge is -2.15. The molecule has 0 aliphatic heterocycles. The van der Waals surface area contributed by atoms with Crippen LogP contribution < -0.4 is 20.9 Å². The number of hydrogen-bond donors (Lipinski definition) is 2. The second kappa shape index (κ2) is 10.3. The zero-order valence-corrected chi connectivity index (χ0v) is 19.7. The number of hydrogen-bond acceptors (Lipinski definition) is 4. The van der Waals surface area contributed by atoms with Gasteiger partial charge in [0, 0.05) is 29.5 Å². The fraction of sp³-hybridized carbons (Fsp3) is 0.214. The fourth-order valence-corrected chi connectivity index (χ4v) is 3.90. The predicted molar refractivity (Wildman–Crippen MR) is 138 cm³/mol. The van der Waals surface area contributed by atoms with E-state index in [4.69, 9.17) is 4.74 Å². The van der Waals surface area contributed by atoms with Crippen LogP contribution in [0.15, 0.2) is 77.6 Å². The van der Waals surface area contributed by atoms with E-state index in [-0.39, 0.29) is 18.0 Å². The van der Waals surface area contributed by atoms with Crippen molar-refractivity contribution in [3.05, 3.63) is 99.8 Å². The van der Waals surface area contributed by atoms with Crippen molar-refractivity contribution < 1.29 is 9.53 Å². The normalized spacial score (nSPS) is 10.8. The molecular formula is C28H29N3O3. The molecule has 6 nitrogen and oxygen atoms in total. The predicted octanol–water partition coefficient (Wildman–Crippen LogP) is 5.13. The van der Waals surface area contributed by atoms with E-state index in [0.29, 0.717) is 23.4 Å². The molecular weight excluding hydrogens is 426 g/mol. The maximum Gasteiger partial charge on any atom is 0.256 e. The molecule has 174 valence electrons. The summed E-state index contributed by atoms with van der Waals surface area (Å²) < 4.78 is 6.88. The number of anilines is 2. The highest BCUT2D eigenvalue weighted by atomic mass is 16.5. The summed E-state index contributed by atoms with van der Waals surface area (Å²) >= 11 is 0. The summed E-state index contributed by atoms with van der Waals surface area (Å²) in [7, 11) is 1.58. The number of nitrogens with one attached hydrogen (secondary N) is 2. The third kappa shape index (κ3) is 5.29. The van der Waals surface area contributed by atoms with Crippen molar-refractivity contribution in [2.45, 2.75) is 33.4 Å². The van der Waals surface area contributed by atoms with E-state index in [1.54, 1.807) is 13.2 Å². The Bertz CT molecular complexity index is 1370. The molecule has 0 bridgehead atoms. The van der Waals surface area contributed by atoms with Gasteiger partial charge in [0.2, 0.25) is 5.91 Å². The van der Waals surface area contributed by atoms with E-state index in [0.717, 1.165) is 28.7 Å². The van der Waals surface area contributed by atoms with Crippen LogP contribution in [0.2, 0.25) is 0 Å². The van der Waals surface area contributed by atoms with Crippen LogP contribution in [0, 0.1) is 6.92 Å². The highest BCUT2D eigenvalue weighted by Crippen LogP contribution is 2.21. The van der Waals surface area contributed by atoms with Crippen LogP contribution in [-0.4, -0.2) is 17.6 Å². The van der Waals surface area contributed by atoms with Gasteiger partial charge in [-0.1, -0.05) is 36.8 Å². The number of rotatable bonds is 8. The molecule has 0 radical (unpaired) electrons. The standard InChI is InChI=1S/C28H29N3O3/c1-4-20-6-5-7-24(14-20)30-27(32)18-31-26-16-25(34-3)13-10-21(26)15-22(28(31)33)17-29-23-11-8-19(2)9-12-23/h5-16,29H,4,17-18H2,1-3H3,(H,30,32). The van der Waals surface area contributed by atoms with E-state index in [1.807, 2.05) is 73.7 Å². The fourth-order valence-electron chi connectivity index (χ4n) is 3.90. The number of fused-ring (bicyclic) bond motifs is 1. The summed E-state index contributed by atoms with van der Waals surface area (Å²) in [5.41, 5.74) is 4.98. The van der Waals surface area contributed by atoms with E-state index >= 15 is 0 Å². The molecule has 0 aliphatic carbocycles. The molecule has 0 fully saturated rings. The van der Waals surface area contributed by atoms with Gasteiger partial charge in [-0.15, -0.1) is 0 Å². The Morgan fingerprint density at radius 2 is 1.76 bits per heavy atom. The van der Waals surface area contributed by atoms with E-state index in [9.17, 15) is 9.59 Å². The largest absolute Gasteiger partial charge is 0.497 e. The van der Waals surface area contributed by atoms with Crippen molar-refractivity contribution in [2.75, 3.05) is 17.7 Å². The molecule has 3 aromatic carbocycles. The topological polar surface area (TPSA) is 72.4 Å². The van der Waals surface area contributed by atoms with Gasteiger partial charge in [-0.3, -0.25) is 14.2 Å². The molecule has 34 heavy (non-hydrogen) atoms. The molecule has 1 amide bonds. The second-order valence-corrected chi connectivity index (χ2v) is 8.31. The quantitative estimate of drug-likeness (QED) is 0.386. The maximum atomic E-state index is 13.4. The number of methoxy groups -OCH3 is 1. The van der Waals surface area contributed by atoms with E-state index in [2.05, 4.69) is 17.6 Å². The van der Waals surface area contributed by atoms with Gasteiger partial charge >= 0.3 is 0 Å². The number of ether oxygens (including phenoxy) is 1. The average Bonchev–Trinajstić information content (AvgIpc) is 2.85. The lowest BCUT2D eigenvalue weighted by atomic mass is 10.1. The van der Waals surface area contributed by atoms with Gasteiger partial charge in [0.15, 0.2) is 0 Å². The van der Waals surface area contributed by atoms with Gasteiger partial charge < -0.3 is 15.4 Å². The third-order valence-corrected chi connectivity index (χ3v) is 5.83. The number of pyridine rings is 1. The zero-order valence-electron chi connectivity index (χ0n) is 19.7. The average molecular weight is 456 g/mol. The molecule has 4 aromatic rings. The molecule has 0 aliphatic rings. The summed E-state index contributed by atoms with van der Waals surface area (Å²) in [4.78, 5) is 26.4. The first kappa shape index (κ1) is 23.1. The number of nitrogens with zero attached hydrogens (tertiary/aromatic N) is 1. The van der Waals surface area contributed by atoms with Crippen LogP contribution in [0.5, 0.6) is 5.75 Å². The van der Waals surface area contributed by atoms with Gasteiger partial charge in [-0.05, 0) is 66.8 Å². The smallest absolute Gasteiger partial charge is 0.256 e. The Balaban J connectivity index is 1.66. The number of aryl methyl sites for hydroxylation is 2. The summed E-state index contributed by atoms with van der Waals surface area (Å²) in [5, 5.41) is 7.10. The molecule has 6 heteroatoms. The molecule has 1 heterocycles. The lowest BCUT2D eigenvalue weighted by Crippen LogP contribution is -2.30. The molecule has 2 N–H and O–H groups in total. The minimum Gasteiger partial charge on any atom is -0.497 e. The van der Waals surface area contributed by atoms with Crippen LogP contribution in [0.4, 0.5) is 11.4 Å². The van der Waals surface area contributed by atoms with E-state index in [1.165, 1.54) is 10.1 Å². The van der Waals surface area contributed by atoms with E-state index < -0.39 is 0 Å². The van der Waals surface area contributed by atoms with Crippen LogP contribution in [0.3, 0.4) is 0 Å². The van der Waals surface area contributed by atoms with Crippen LogP contribution in [0.25, 0.3) is 10.9 Å². The highest BCUT2D eigenvalue weighted by Gasteiger charge is 2.14. The lowest BCUT2D eigenvalue weighted by molar-refractivity contribution is -0.116. The first-order chi connectivity index (χ1) is 16.5. The van der Waals surface area contributed by atoms with Gasteiger partial charge in [-0.25, -0.2) is 0 Å². The number of carbonyl (C=O) groups is 1. The minimum atomic E-state index is -0.261. The van der Waals surface area contributed by atoms with Crippen molar-refractivity contribution in [3.8, 4) is 5.75 Å². The van der Waals surface area contributed by atoms with Crippen molar-refractivity contribution in [1.29, 1.82) is 0 Å². The molecule has 0 atom stereocenters.